The fraction of sp³-hybridized carbons (Fsp3) is 0.176. The van der Waals surface area contributed by atoms with Crippen LogP contribution in [0.15, 0.2) is 35.7 Å². The minimum Gasteiger partial charge on any atom is -0.452 e. The Morgan fingerprint density at radius 1 is 1.30 bits per heavy atom. The van der Waals surface area contributed by atoms with Crippen LogP contribution in [0, 0.1) is 13.8 Å². The lowest BCUT2D eigenvalue weighted by atomic mass is 10.2. The van der Waals surface area contributed by atoms with Crippen LogP contribution in [0.2, 0.25) is 5.02 Å². The van der Waals surface area contributed by atoms with E-state index >= 15 is 0 Å². The van der Waals surface area contributed by atoms with Gasteiger partial charge in [-0.2, -0.15) is 0 Å². The number of thiophene rings is 1. The second-order valence-electron chi connectivity index (χ2n) is 4.87. The van der Waals surface area contributed by atoms with Crippen LogP contribution < -0.4 is 5.32 Å². The van der Waals surface area contributed by atoms with E-state index in [1.54, 1.807) is 31.2 Å². The maximum Gasteiger partial charge on any atom is 0.331 e. The molecule has 0 aliphatic heterocycles. The van der Waals surface area contributed by atoms with Gasteiger partial charge in [0, 0.05) is 21.7 Å². The molecular formula is C17H16ClNO3S. The Balaban J connectivity index is 1.84. The summed E-state index contributed by atoms with van der Waals surface area (Å²) in [4.78, 5) is 24.4. The van der Waals surface area contributed by atoms with E-state index in [4.69, 9.17) is 16.3 Å². The van der Waals surface area contributed by atoms with E-state index in [1.165, 1.54) is 17.4 Å². The first-order chi connectivity index (χ1) is 11.0. The third-order valence-corrected chi connectivity index (χ3v) is 4.55. The highest BCUT2D eigenvalue weighted by atomic mass is 35.5. The van der Waals surface area contributed by atoms with Gasteiger partial charge in [-0.05, 0) is 54.6 Å². The number of benzene rings is 1. The van der Waals surface area contributed by atoms with Crippen molar-refractivity contribution in [2.24, 2.45) is 0 Å². The number of hydrogen-bond donors (Lipinski definition) is 1. The van der Waals surface area contributed by atoms with Crippen LogP contribution in [0.5, 0.6) is 0 Å². The molecule has 23 heavy (non-hydrogen) atoms. The van der Waals surface area contributed by atoms with Gasteiger partial charge in [0.05, 0.1) is 0 Å². The molecule has 0 spiro atoms. The lowest BCUT2D eigenvalue weighted by Crippen LogP contribution is -2.20. The maximum absolute atomic E-state index is 11.8. The summed E-state index contributed by atoms with van der Waals surface area (Å²) in [6, 6.07) is 7.18. The van der Waals surface area contributed by atoms with Crippen molar-refractivity contribution in [2.75, 3.05) is 11.9 Å². The van der Waals surface area contributed by atoms with Gasteiger partial charge in [-0.15, -0.1) is 11.3 Å². The molecule has 0 bridgehead atoms. The maximum atomic E-state index is 11.8. The van der Waals surface area contributed by atoms with Crippen molar-refractivity contribution < 1.29 is 14.3 Å². The number of esters is 1. The largest absolute Gasteiger partial charge is 0.452 e. The third kappa shape index (κ3) is 4.94. The Labute approximate surface area is 143 Å². The first-order valence-corrected chi connectivity index (χ1v) is 8.17. The van der Waals surface area contributed by atoms with Gasteiger partial charge in [-0.25, -0.2) is 4.79 Å². The van der Waals surface area contributed by atoms with Crippen LogP contribution >= 0.6 is 22.9 Å². The third-order valence-electron chi connectivity index (χ3n) is 3.16. The van der Waals surface area contributed by atoms with Crippen molar-refractivity contribution in [3.05, 3.63) is 56.7 Å². The minimum atomic E-state index is -0.559. The standard InChI is InChI=1S/C17H16ClNO3S/c1-11-8-9-23-15(11)6-7-17(21)22-10-16(20)19-14-5-3-4-13(18)12(14)2/h3-9H,10H2,1-2H3,(H,19,20)/b7-6+. The predicted octanol–water partition coefficient (Wildman–Crippen LogP) is 4.21. The predicted molar refractivity (Wildman–Crippen MR) is 93.9 cm³/mol. The summed E-state index contributed by atoms with van der Waals surface area (Å²) in [6.45, 7) is 3.41. The molecule has 0 unspecified atom stereocenters. The van der Waals surface area contributed by atoms with E-state index < -0.39 is 11.9 Å². The minimum absolute atomic E-state index is 0.349. The average Bonchev–Trinajstić information content (AvgIpc) is 2.93. The second kappa shape index (κ2) is 7.94. The summed E-state index contributed by atoms with van der Waals surface area (Å²) in [7, 11) is 0. The molecule has 1 heterocycles. The summed E-state index contributed by atoms with van der Waals surface area (Å²) in [5, 5.41) is 5.17. The molecule has 0 radical (unpaired) electrons. The first-order valence-electron chi connectivity index (χ1n) is 6.91. The second-order valence-corrected chi connectivity index (χ2v) is 6.22. The van der Waals surface area contributed by atoms with Crippen molar-refractivity contribution in [1.82, 2.24) is 0 Å². The smallest absolute Gasteiger partial charge is 0.331 e. The highest BCUT2D eigenvalue weighted by molar-refractivity contribution is 7.11. The molecule has 0 fully saturated rings. The van der Waals surface area contributed by atoms with Crippen LogP contribution in [0.25, 0.3) is 6.08 Å². The number of carbonyl (C=O) groups is 2. The number of amides is 1. The van der Waals surface area contributed by atoms with E-state index in [9.17, 15) is 9.59 Å². The lowest BCUT2D eigenvalue weighted by molar-refractivity contribution is -0.142. The SMILES string of the molecule is Cc1ccsc1/C=C/C(=O)OCC(=O)Nc1cccc(Cl)c1C. The highest BCUT2D eigenvalue weighted by Crippen LogP contribution is 2.22. The number of rotatable bonds is 5. The van der Waals surface area contributed by atoms with Crippen LogP contribution in [-0.2, 0) is 14.3 Å². The highest BCUT2D eigenvalue weighted by Gasteiger charge is 2.08. The summed E-state index contributed by atoms with van der Waals surface area (Å²) >= 11 is 7.52. The molecule has 2 aromatic rings. The van der Waals surface area contributed by atoms with Crippen molar-refractivity contribution in [2.45, 2.75) is 13.8 Å². The number of anilines is 1. The number of ether oxygens (including phenoxy) is 1. The Morgan fingerprint density at radius 3 is 2.78 bits per heavy atom. The number of aryl methyl sites for hydroxylation is 1. The van der Waals surface area contributed by atoms with Gasteiger partial charge in [0.15, 0.2) is 6.61 Å². The Morgan fingerprint density at radius 2 is 2.09 bits per heavy atom. The quantitative estimate of drug-likeness (QED) is 0.649. The van der Waals surface area contributed by atoms with Gasteiger partial charge in [0.1, 0.15) is 0 Å². The molecule has 1 aromatic heterocycles. The summed E-state index contributed by atoms with van der Waals surface area (Å²) in [5.41, 5.74) is 2.46. The van der Waals surface area contributed by atoms with Gasteiger partial charge in [0.25, 0.3) is 5.91 Å². The van der Waals surface area contributed by atoms with E-state index in [0.29, 0.717) is 10.7 Å². The molecule has 0 atom stereocenters. The van der Waals surface area contributed by atoms with Crippen molar-refractivity contribution >= 4 is 46.6 Å². The molecule has 1 amide bonds. The number of nitrogens with one attached hydrogen (secondary N) is 1. The topological polar surface area (TPSA) is 55.4 Å². The van der Waals surface area contributed by atoms with E-state index in [1.807, 2.05) is 18.4 Å². The van der Waals surface area contributed by atoms with Crippen LogP contribution in [-0.4, -0.2) is 18.5 Å². The molecular weight excluding hydrogens is 334 g/mol. The Hall–Kier alpha value is -2.11. The summed E-state index contributed by atoms with van der Waals surface area (Å²) in [5.74, 6) is -0.972. The van der Waals surface area contributed by atoms with Crippen molar-refractivity contribution in [3.8, 4) is 0 Å². The van der Waals surface area contributed by atoms with Crippen molar-refractivity contribution in [1.29, 1.82) is 0 Å². The number of carbonyl (C=O) groups excluding carboxylic acids is 2. The van der Waals surface area contributed by atoms with Crippen molar-refractivity contribution in [3.63, 3.8) is 0 Å². The van der Waals surface area contributed by atoms with Crippen LogP contribution in [0.1, 0.15) is 16.0 Å². The molecule has 2 rings (SSSR count). The average molecular weight is 350 g/mol. The number of hydrogen-bond acceptors (Lipinski definition) is 4. The normalized spacial score (nSPS) is 10.7. The first kappa shape index (κ1) is 17.2. The molecule has 1 aromatic carbocycles. The van der Waals surface area contributed by atoms with Gasteiger partial charge in [-0.3, -0.25) is 4.79 Å². The molecule has 120 valence electrons. The van der Waals surface area contributed by atoms with Gasteiger partial charge >= 0.3 is 5.97 Å². The zero-order valence-corrected chi connectivity index (χ0v) is 14.3. The molecule has 6 heteroatoms. The molecule has 0 aliphatic carbocycles. The Kier molecular flexibility index (Phi) is 5.96. The molecule has 0 saturated heterocycles. The molecule has 0 aliphatic rings. The zero-order valence-electron chi connectivity index (χ0n) is 12.8. The van der Waals surface area contributed by atoms with Gasteiger partial charge in [0.2, 0.25) is 0 Å². The fourth-order valence-corrected chi connectivity index (χ4v) is 2.81. The lowest BCUT2D eigenvalue weighted by Gasteiger charge is -2.09. The van der Waals surface area contributed by atoms with Crippen LogP contribution in [0.4, 0.5) is 5.69 Å². The monoisotopic (exact) mass is 349 g/mol. The molecule has 0 saturated carbocycles. The molecule has 1 N–H and O–H groups in total. The van der Waals surface area contributed by atoms with Gasteiger partial charge < -0.3 is 10.1 Å². The number of halogens is 1. The van der Waals surface area contributed by atoms with E-state index in [-0.39, 0.29) is 6.61 Å². The van der Waals surface area contributed by atoms with E-state index in [0.717, 1.165) is 16.0 Å². The zero-order chi connectivity index (χ0) is 16.8. The fourth-order valence-electron chi connectivity index (χ4n) is 1.81. The summed E-state index contributed by atoms with van der Waals surface area (Å²) < 4.78 is 4.92. The molecule has 4 nitrogen and oxygen atoms in total. The van der Waals surface area contributed by atoms with Crippen LogP contribution in [0.3, 0.4) is 0 Å². The van der Waals surface area contributed by atoms with Gasteiger partial charge in [-0.1, -0.05) is 17.7 Å². The Bertz CT molecular complexity index is 752. The van der Waals surface area contributed by atoms with E-state index in [2.05, 4.69) is 5.32 Å². The summed E-state index contributed by atoms with van der Waals surface area (Å²) in [6.07, 6.45) is 3.00.